The maximum atomic E-state index is 12.7. The molecule has 1 aromatic heterocycles. The molecule has 0 aliphatic heterocycles. The first-order valence-electron chi connectivity index (χ1n) is 11.2. The Kier molecular flexibility index (Phi) is 7.18. The van der Waals surface area contributed by atoms with Gasteiger partial charge in [-0.05, 0) is 40.3 Å². The van der Waals surface area contributed by atoms with E-state index >= 15 is 0 Å². The Morgan fingerprint density at radius 3 is 2.44 bits per heavy atom. The van der Waals surface area contributed by atoms with Crippen LogP contribution in [0.1, 0.15) is 47.1 Å². The maximum Gasteiger partial charge on any atom is 0.273 e. The topological polar surface area (TPSA) is 84.2 Å². The number of hydrogen-bond acceptors (Lipinski definition) is 4. The molecule has 0 aliphatic rings. The largest absolute Gasteiger partial charge is 0.447 e. The zero-order valence-electron chi connectivity index (χ0n) is 19.2. The Morgan fingerprint density at radius 1 is 0.941 bits per heavy atom. The van der Waals surface area contributed by atoms with Crippen molar-refractivity contribution in [3.8, 4) is 11.1 Å². The number of anilines is 1. The molecular weight excluding hydrogens is 426 g/mol. The van der Waals surface area contributed by atoms with Gasteiger partial charge >= 0.3 is 0 Å². The van der Waals surface area contributed by atoms with E-state index < -0.39 is 0 Å². The lowest BCUT2D eigenvalue weighted by molar-refractivity contribution is -0.114. The molecular formula is C28H27N3O3. The molecule has 3 aromatic carbocycles. The Labute approximate surface area is 199 Å². The predicted molar refractivity (Wildman–Crippen MR) is 133 cm³/mol. The van der Waals surface area contributed by atoms with Crippen LogP contribution in [0.2, 0.25) is 0 Å². The number of carbonyl (C=O) groups excluding carboxylic acids is 2. The molecule has 6 nitrogen and oxygen atoms in total. The summed E-state index contributed by atoms with van der Waals surface area (Å²) in [7, 11) is 0. The van der Waals surface area contributed by atoms with E-state index in [-0.39, 0.29) is 17.7 Å². The number of nitrogens with one attached hydrogen (secondary N) is 2. The van der Waals surface area contributed by atoms with Crippen molar-refractivity contribution in [3.05, 3.63) is 108 Å². The van der Waals surface area contributed by atoms with E-state index in [1.165, 1.54) is 18.9 Å². The van der Waals surface area contributed by atoms with Crippen LogP contribution in [0.25, 0.3) is 11.1 Å². The van der Waals surface area contributed by atoms with Gasteiger partial charge in [-0.25, -0.2) is 4.98 Å². The van der Waals surface area contributed by atoms with E-state index in [0.29, 0.717) is 24.4 Å². The Balaban J connectivity index is 1.40. The van der Waals surface area contributed by atoms with Gasteiger partial charge in [0.2, 0.25) is 5.91 Å². The second-order valence-electron chi connectivity index (χ2n) is 8.28. The first-order valence-corrected chi connectivity index (χ1v) is 11.2. The standard InChI is InChI=1S/C28H27N3O3/c1-19(22-7-4-3-5-8-22)17-29-28(33)27-26(34-18-30-27)15-21-11-13-23(14-12-21)24-9-6-10-25(16-24)31-20(2)32/h3-14,16,18-19H,15,17H2,1-2H3,(H,29,33)(H,31,32)/t19-/m0/s1. The molecule has 1 heterocycles. The van der Waals surface area contributed by atoms with Gasteiger partial charge in [-0.3, -0.25) is 9.59 Å². The Hall–Kier alpha value is -4.19. The molecule has 0 bridgehead atoms. The molecule has 4 rings (SSSR count). The van der Waals surface area contributed by atoms with Gasteiger partial charge in [0, 0.05) is 25.6 Å². The van der Waals surface area contributed by atoms with Gasteiger partial charge < -0.3 is 15.1 Å². The molecule has 2 N–H and O–H groups in total. The first kappa shape index (κ1) is 23.0. The monoisotopic (exact) mass is 453 g/mol. The summed E-state index contributed by atoms with van der Waals surface area (Å²) in [6.07, 6.45) is 1.77. The van der Waals surface area contributed by atoms with Crippen molar-refractivity contribution >= 4 is 17.5 Å². The molecule has 0 saturated carbocycles. The summed E-state index contributed by atoms with van der Waals surface area (Å²) in [5.41, 5.74) is 5.28. The molecule has 0 aliphatic carbocycles. The highest BCUT2D eigenvalue weighted by atomic mass is 16.3. The second-order valence-corrected chi connectivity index (χ2v) is 8.28. The van der Waals surface area contributed by atoms with E-state index in [9.17, 15) is 9.59 Å². The average Bonchev–Trinajstić information content (AvgIpc) is 3.31. The van der Waals surface area contributed by atoms with Crippen LogP contribution in [0.15, 0.2) is 89.7 Å². The Bertz CT molecular complexity index is 1260. The van der Waals surface area contributed by atoms with Crippen molar-refractivity contribution in [2.24, 2.45) is 0 Å². The number of benzene rings is 3. The second kappa shape index (κ2) is 10.6. The van der Waals surface area contributed by atoms with Gasteiger partial charge in [0.1, 0.15) is 5.76 Å². The fraction of sp³-hybridized carbons (Fsp3) is 0.179. The highest BCUT2D eigenvalue weighted by molar-refractivity contribution is 5.93. The lowest BCUT2D eigenvalue weighted by Gasteiger charge is -2.12. The summed E-state index contributed by atoms with van der Waals surface area (Å²) in [5.74, 6) is 0.384. The summed E-state index contributed by atoms with van der Waals surface area (Å²) >= 11 is 0. The molecule has 0 fully saturated rings. The van der Waals surface area contributed by atoms with Gasteiger partial charge in [0.15, 0.2) is 12.1 Å². The highest BCUT2D eigenvalue weighted by Crippen LogP contribution is 2.24. The lowest BCUT2D eigenvalue weighted by atomic mass is 10.0. The molecule has 4 aromatic rings. The summed E-state index contributed by atoms with van der Waals surface area (Å²) in [4.78, 5) is 28.2. The minimum absolute atomic E-state index is 0.103. The Morgan fingerprint density at radius 2 is 1.71 bits per heavy atom. The van der Waals surface area contributed by atoms with Gasteiger partial charge in [0.25, 0.3) is 5.91 Å². The number of rotatable bonds is 8. The summed E-state index contributed by atoms with van der Waals surface area (Å²) in [6, 6.07) is 25.8. The molecule has 0 saturated heterocycles. The SMILES string of the molecule is CC(=O)Nc1cccc(-c2ccc(Cc3ocnc3C(=O)NC[C@H](C)c3ccccc3)cc2)c1. The molecule has 1 atom stereocenters. The lowest BCUT2D eigenvalue weighted by Crippen LogP contribution is -2.28. The number of amides is 2. The number of aromatic nitrogens is 1. The normalized spacial score (nSPS) is 11.6. The minimum Gasteiger partial charge on any atom is -0.447 e. The van der Waals surface area contributed by atoms with Crippen LogP contribution in [0.4, 0.5) is 5.69 Å². The van der Waals surface area contributed by atoms with Crippen LogP contribution in [0, 0.1) is 0 Å². The smallest absolute Gasteiger partial charge is 0.273 e. The number of carbonyl (C=O) groups is 2. The van der Waals surface area contributed by atoms with Crippen molar-refractivity contribution < 1.29 is 14.0 Å². The third-order valence-electron chi connectivity index (χ3n) is 5.63. The summed E-state index contributed by atoms with van der Waals surface area (Å²) in [6.45, 7) is 4.08. The van der Waals surface area contributed by atoms with Crippen LogP contribution in [0.5, 0.6) is 0 Å². The quantitative estimate of drug-likeness (QED) is 0.373. The van der Waals surface area contributed by atoms with Crippen molar-refractivity contribution in [3.63, 3.8) is 0 Å². The summed E-state index contributed by atoms with van der Waals surface area (Å²) < 4.78 is 5.54. The fourth-order valence-electron chi connectivity index (χ4n) is 3.79. The van der Waals surface area contributed by atoms with Crippen LogP contribution in [-0.4, -0.2) is 23.3 Å². The van der Waals surface area contributed by atoms with Crippen molar-refractivity contribution in [2.75, 3.05) is 11.9 Å². The molecule has 172 valence electrons. The number of hydrogen-bond donors (Lipinski definition) is 2. The van der Waals surface area contributed by atoms with Crippen LogP contribution in [0.3, 0.4) is 0 Å². The molecule has 34 heavy (non-hydrogen) atoms. The minimum atomic E-state index is -0.238. The van der Waals surface area contributed by atoms with E-state index in [1.807, 2.05) is 66.7 Å². The van der Waals surface area contributed by atoms with Crippen LogP contribution >= 0.6 is 0 Å². The average molecular weight is 454 g/mol. The van der Waals surface area contributed by atoms with Crippen molar-refractivity contribution in [1.82, 2.24) is 10.3 Å². The first-order chi connectivity index (χ1) is 16.5. The van der Waals surface area contributed by atoms with E-state index in [2.05, 4.69) is 34.7 Å². The molecule has 6 heteroatoms. The maximum absolute atomic E-state index is 12.7. The number of oxazole rings is 1. The molecule has 0 spiro atoms. The van der Waals surface area contributed by atoms with Crippen molar-refractivity contribution in [1.29, 1.82) is 0 Å². The van der Waals surface area contributed by atoms with E-state index in [4.69, 9.17) is 4.42 Å². The van der Waals surface area contributed by atoms with E-state index in [0.717, 1.165) is 22.4 Å². The highest BCUT2D eigenvalue weighted by Gasteiger charge is 2.18. The number of nitrogens with zero attached hydrogens (tertiary/aromatic N) is 1. The molecule has 0 radical (unpaired) electrons. The van der Waals surface area contributed by atoms with Gasteiger partial charge in [-0.1, -0.05) is 73.7 Å². The molecule has 0 unspecified atom stereocenters. The fourth-order valence-corrected chi connectivity index (χ4v) is 3.79. The predicted octanol–water partition coefficient (Wildman–Crippen LogP) is 5.42. The molecule has 2 amide bonds. The van der Waals surface area contributed by atoms with E-state index in [1.54, 1.807) is 0 Å². The third-order valence-corrected chi connectivity index (χ3v) is 5.63. The van der Waals surface area contributed by atoms with Crippen LogP contribution in [-0.2, 0) is 11.2 Å². The van der Waals surface area contributed by atoms with Gasteiger partial charge in [0.05, 0.1) is 0 Å². The zero-order valence-corrected chi connectivity index (χ0v) is 19.2. The zero-order chi connectivity index (χ0) is 23.9. The summed E-state index contributed by atoms with van der Waals surface area (Å²) in [5, 5.41) is 5.77. The van der Waals surface area contributed by atoms with Gasteiger partial charge in [-0.2, -0.15) is 0 Å². The van der Waals surface area contributed by atoms with Crippen LogP contribution < -0.4 is 10.6 Å². The van der Waals surface area contributed by atoms with Gasteiger partial charge in [-0.15, -0.1) is 0 Å². The van der Waals surface area contributed by atoms with Crippen molar-refractivity contribution in [2.45, 2.75) is 26.2 Å². The third kappa shape index (κ3) is 5.78.